The first kappa shape index (κ1) is 97.6. The van der Waals surface area contributed by atoms with E-state index in [1.807, 2.05) is 43.3 Å². The summed E-state index contributed by atoms with van der Waals surface area (Å²) in [6.45, 7) is 7.26. The summed E-state index contributed by atoms with van der Waals surface area (Å²) in [5.74, 6) is -14.9. The molecule has 34 nitrogen and oxygen atoms in total. The molecular weight excluding hydrogens is 1640 g/mol. The second-order valence-corrected chi connectivity index (χ2v) is 34.6. The van der Waals surface area contributed by atoms with E-state index >= 15 is 33.6 Å². The molecule has 3 saturated heterocycles. The van der Waals surface area contributed by atoms with Crippen molar-refractivity contribution in [3.8, 4) is 5.75 Å². The van der Waals surface area contributed by atoms with Crippen molar-refractivity contribution in [2.75, 3.05) is 72.4 Å². The number of nitrogens with two attached hydrogens (primary N) is 1. The highest BCUT2D eigenvalue weighted by molar-refractivity contribution is 8.00. The van der Waals surface area contributed by atoms with Gasteiger partial charge in [0.25, 0.3) is 0 Å². The molecule has 4 heterocycles. The van der Waals surface area contributed by atoms with E-state index in [4.69, 9.17) is 5.73 Å². The Labute approximate surface area is 737 Å². The summed E-state index contributed by atoms with van der Waals surface area (Å²) in [6, 6.07) is 23.2. The third-order valence-electron chi connectivity index (χ3n) is 23.1. The third-order valence-corrected chi connectivity index (χ3v) is 24.1. The van der Waals surface area contributed by atoms with Crippen LogP contribution >= 0.6 is 11.8 Å². The van der Waals surface area contributed by atoms with Crippen LogP contribution in [0.25, 0.3) is 10.9 Å². The number of carbonyl (C=O) groups excluding carboxylic acids is 14. The minimum atomic E-state index is -1.82. The summed E-state index contributed by atoms with van der Waals surface area (Å²) < 4.78 is 0. The Kier molecular flexibility index (Phi) is 36.1. The van der Waals surface area contributed by atoms with Crippen molar-refractivity contribution in [1.82, 2.24) is 76.9 Å². The van der Waals surface area contributed by atoms with Gasteiger partial charge in [-0.15, -0.1) is 11.8 Å². The Morgan fingerprint density at radius 3 is 1.73 bits per heavy atom. The van der Waals surface area contributed by atoms with Crippen molar-refractivity contribution in [2.24, 2.45) is 17.6 Å². The molecule has 14 N–H and O–H groups in total. The van der Waals surface area contributed by atoms with E-state index in [-0.39, 0.29) is 94.8 Å². The number of carboxylic acid groups (broad SMARTS) is 1. The van der Waals surface area contributed by atoms with Crippen molar-refractivity contribution in [1.29, 1.82) is 0 Å². The molecule has 126 heavy (non-hydrogen) atoms. The van der Waals surface area contributed by atoms with Gasteiger partial charge in [0.1, 0.15) is 66.2 Å². The number of hydrogen-bond acceptors (Lipinski definition) is 19. The number of aromatic amines is 1. The normalized spacial score (nSPS) is 24.4. The molecule has 0 spiro atoms. The second-order valence-electron chi connectivity index (χ2n) is 33.6. The fraction of sp³-hybridized carbons (Fsp3) is 0.484. The molecule has 0 aliphatic carbocycles. The molecule has 3 aliphatic rings. The summed E-state index contributed by atoms with van der Waals surface area (Å²) >= 11 is 0.848. The van der Waals surface area contributed by atoms with Crippen LogP contribution in [0.15, 0.2) is 146 Å². The number of thioether (sulfide) groups is 1. The van der Waals surface area contributed by atoms with Gasteiger partial charge in [-0.25, -0.2) is 0 Å². The van der Waals surface area contributed by atoms with Gasteiger partial charge in [0.05, 0.1) is 37.4 Å². The summed E-state index contributed by atoms with van der Waals surface area (Å²) in [5, 5.41) is 54.6. The number of aromatic hydroxyl groups is 1. The maximum Gasteiger partial charge on any atom is 0.305 e. The molecule has 14 amide bonds. The smallest absolute Gasteiger partial charge is 0.305 e. The van der Waals surface area contributed by atoms with Crippen LogP contribution in [0.5, 0.6) is 5.75 Å². The number of carboxylic acids is 1. The molecule has 0 bridgehead atoms. The first-order chi connectivity index (χ1) is 60.1. The molecule has 0 unspecified atom stereocenters. The minimum absolute atomic E-state index is 0.0490. The predicted molar refractivity (Wildman–Crippen MR) is 471 cm³/mol. The van der Waals surface area contributed by atoms with Gasteiger partial charge >= 0.3 is 5.97 Å². The number of carbonyl (C=O) groups is 15. The summed E-state index contributed by atoms with van der Waals surface area (Å²) in [5.41, 5.74) is 9.15. The number of benzene rings is 5. The highest BCUT2D eigenvalue weighted by Gasteiger charge is 2.47. The fourth-order valence-electron chi connectivity index (χ4n) is 16.2. The zero-order chi connectivity index (χ0) is 91.6. The van der Waals surface area contributed by atoms with E-state index in [2.05, 4.69) is 47.5 Å². The number of nitrogens with zero attached hydrogens (tertiary/aromatic N) is 6. The van der Waals surface area contributed by atoms with Crippen LogP contribution in [0, 0.1) is 11.8 Å². The number of unbranched alkanes of at least 4 members (excludes halogenated alkanes) is 1. The number of H-pyrrole nitrogens is 1. The number of rotatable bonds is 21. The Hall–Kier alpha value is -12.2. The average Bonchev–Trinajstić information content (AvgIpc) is 1.73. The number of para-hydroxylation sites is 1. The van der Waals surface area contributed by atoms with E-state index in [1.165, 1.54) is 72.1 Å². The van der Waals surface area contributed by atoms with E-state index in [0.29, 0.717) is 52.4 Å². The first-order valence-corrected chi connectivity index (χ1v) is 43.9. The van der Waals surface area contributed by atoms with Crippen LogP contribution in [-0.2, 0) is 104 Å². The lowest BCUT2D eigenvalue weighted by Crippen LogP contribution is -2.60. The third kappa shape index (κ3) is 27.6. The molecule has 1 aromatic heterocycles. The molecule has 5 aromatic carbocycles. The molecule has 3 fully saturated rings. The quantitative estimate of drug-likeness (QED) is 0.0489. The van der Waals surface area contributed by atoms with E-state index < -0.39 is 198 Å². The summed E-state index contributed by atoms with van der Waals surface area (Å²) in [4.78, 5) is 231. The Bertz CT molecular complexity index is 4790. The number of primary amides is 1. The van der Waals surface area contributed by atoms with E-state index in [0.717, 1.165) is 22.2 Å². The minimum Gasteiger partial charge on any atom is -0.508 e. The highest BCUT2D eigenvalue weighted by Crippen LogP contribution is 2.29. The number of hydrogen-bond donors (Lipinski definition) is 13. The monoisotopic (exact) mass is 1760 g/mol. The van der Waals surface area contributed by atoms with Gasteiger partial charge in [-0.2, -0.15) is 0 Å². The van der Waals surface area contributed by atoms with Gasteiger partial charge in [0.15, 0.2) is 0 Å². The van der Waals surface area contributed by atoms with Crippen LogP contribution in [0.4, 0.5) is 0 Å². The largest absolute Gasteiger partial charge is 0.508 e. The van der Waals surface area contributed by atoms with Crippen LogP contribution < -0.4 is 48.3 Å². The van der Waals surface area contributed by atoms with Gasteiger partial charge in [-0.1, -0.05) is 169 Å². The number of phenolic OH excluding ortho intramolecular Hbond substituents is 1. The van der Waals surface area contributed by atoms with Crippen molar-refractivity contribution in [3.63, 3.8) is 0 Å². The number of likely N-dealkylation sites (N-methyl/N-ethyl adjacent to an activating group) is 4. The number of aliphatic hydroxyl groups is 1. The van der Waals surface area contributed by atoms with Gasteiger partial charge in [0.2, 0.25) is 82.7 Å². The van der Waals surface area contributed by atoms with Crippen LogP contribution in [0.3, 0.4) is 0 Å². The van der Waals surface area contributed by atoms with Gasteiger partial charge in [-0.3, -0.25) is 76.8 Å². The van der Waals surface area contributed by atoms with Crippen molar-refractivity contribution >= 4 is 111 Å². The van der Waals surface area contributed by atoms with Crippen molar-refractivity contribution < 1.29 is 87.2 Å². The predicted octanol–water partition coefficient (Wildman–Crippen LogP) is 1.86. The number of aliphatic carboxylic acids is 1. The molecule has 35 heteroatoms. The van der Waals surface area contributed by atoms with Crippen LogP contribution in [0.2, 0.25) is 0 Å². The molecular formula is C91H120N16O18S. The Morgan fingerprint density at radius 2 is 1.11 bits per heavy atom. The molecule has 6 aromatic rings. The van der Waals surface area contributed by atoms with Crippen LogP contribution in [0.1, 0.15) is 114 Å². The molecule has 3 aliphatic heterocycles. The number of fused-ring (bicyclic) bond motifs is 3. The number of aromatic nitrogens is 1. The molecule has 0 saturated carbocycles. The lowest BCUT2D eigenvalue weighted by molar-refractivity contribution is -0.151. The number of aliphatic hydroxyl groups excluding tert-OH is 1. The Morgan fingerprint density at radius 1 is 0.556 bits per heavy atom. The first-order valence-electron chi connectivity index (χ1n) is 42.8. The Balaban J connectivity index is 1.10. The highest BCUT2D eigenvalue weighted by atomic mass is 32.2. The SMILES string of the molecule is CCCC[C@H]1C(=O)N(C)CC(=O)N[C@@H](CC(=O)O)C(=O)N[C@@H](C(C)C)C(=O)N(C)[C@@H](Cc2ccccc2)CN2C[C@H](O)C[C@H]2C(=O)N2CCC[C@@H]2C(=O)N[C@@H](Cc2c[nH]c3ccccc23)C(=O)N[C@@H](Cc2ccc(O)cc2)C(=O)N[C@@H](CC(C)C)C(=O)N[C@H](C(=O)NCC(N)=O)CSCC(=O)N[C@@H](Cc2ccccc2)C(=O)N(C)[C@@H](Cc2ccccc2)C(=O)N1C. The average molecular weight is 1760 g/mol. The topological polar surface area (TPSA) is 474 Å². The second kappa shape index (κ2) is 46.6. The van der Waals surface area contributed by atoms with E-state index in [1.54, 1.807) is 118 Å². The zero-order valence-electron chi connectivity index (χ0n) is 72.8. The number of nitrogens with one attached hydrogen (secondary N) is 9. The van der Waals surface area contributed by atoms with Crippen molar-refractivity contribution in [3.05, 3.63) is 174 Å². The zero-order valence-corrected chi connectivity index (χ0v) is 73.6. The molecule has 0 radical (unpaired) electrons. The lowest BCUT2D eigenvalue weighted by atomic mass is 9.98. The van der Waals surface area contributed by atoms with Crippen LogP contribution in [-0.4, -0.2) is 289 Å². The van der Waals surface area contributed by atoms with E-state index in [9.17, 15) is 53.7 Å². The lowest BCUT2D eigenvalue weighted by Gasteiger charge is -2.38. The number of amides is 14. The van der Waals surface area contributed by atoms with Gasteiger partial charge < -0.3 is 93.1 Å². The maximum absolute atomic E-state index is 15.5. The summed E-state index contributed by atoms with van der Waals surface area (Å²) in [7, 11) is 5.58. The summed E-state index contributed by atoms with van der Waals surface area (Å²) in [6.07, 6.45) is 0.468. The standard InChI is InChI=1S/C91H120N16O18S/c1-10-11-32-73-88(122)102(6)51-77(111)95-69(46-79(113)114)85(119)101-80(55(4)5)91(125)103(7)61(40-56-24-15-12-16-25-56)49-106-50-63(109)45-75(106)90(124)107-38-23-33-72(107)86(120)99-68(44-60-47-93-65-31-22-21-30-64(60)65)84(118)98-67(41-59-34-36-62(108)37-35-59)83(117)97-66(39-54(2)3)82(116)100-71(81(115)94-48-76(92)110)52-126-53-78(112)96-70(42-57-26-17-13-18-27-57)87(121)105(9)74(89(123)104(73)8)43-58-28-19-14-20-29-58/h12-22,24-31,34-37,47,54-55,61,63,66-75,80,93,108-109H,10-11,23,32-33,38-46,48-53H2,1-9H3,(H2,92,110)(H,94,115)(H,95,111)(H,96,112)(H,97,117)(H,98,118)(H,99,120)(H,100,116)(H,101,119)(H,113,114)/t61-,63+,66-,67-,68-,69-,70-,71-,72+,73-,74-,75-,80-/m0/s1. The molecule has 13 atom stereocenters. The number of phenols is 1. The van der Waals surface area contributed by atoms with Gasteiger partial charge in [0, 0.05) is 102 Å². The molecule has 9 rings (SSSR count). The molecule has 678 valence electrons. The fourth-order valence-corrected chi connectivity index (χ4v) is 17.0. The van der Waals surface area contributed by atoms with Gasteiger partial charge in [-0.05, 0) is 96.4 Å². The van der Waals surface area contributed by atoms with Crippen molar-refractivity contribution in [2.45, 2.75) is 197 Å². The maximum atomic E-state index is 15.5.